The van der Waals surface area contributed by atoms with Gasteiger partial charge in [0.25, 0.3) is 15.6 Å². The summed E-state index contributed by atoms with van der Waals surface area (Å²) in [7, 11) is -4.13. The summed E-state index contributed by atoms with van der Waals surface area (Å²) in [5, 5.41) is 2.91. The lowest BCUT2D eigenvalue weighted by atomic mass is 10.0. The molecule has 216 valence electrons. The van der Waals surface area contributed by atoms with Crippen LogP contribution in [0.4, 0.5) is 13.2 Å². The highest BCUT2D eigenvalue weighted by atomic mass is 32.2. The molecular weight excluding hydrogens is 561 g/mol. The molecule has 1 fully saturated rings. The highest BCUT2D eigenvalue weighted by Crippen LogP contribution is 2.32. The number of benzene rings is 1. The first-order valence-electron chi connectivity index (χ1n) is 12.9. The number of fused-ring (bicyclic) bond motifs is 1. The number of hydrogen-bond acceptors (Lipinski definition) is 6. The van der Waals surface area contributed by atoms with E-state index in [1.54, 1.807) is 26.1 Å². The normalized spacial score (nSPS) is 16.5. The average Bonchev–Trinajstić information content (AvgIpc) is 3.60. The van der Waals surface area contributed by atoms with E-state index in [1.807, 2.05) is 0 Å². The molecule has 1 atom stereocenters. The number of rotatable bonds is 7. The fourth-order valence-corrected chi connectivity index (χ4v) is 6.48. The quantitative estimate of drug-likeness (QED) is 0.334. The first-order chi connectivity index (χ1) is 19.4. The van der Waals surface area contributed by atoms with Gasteiger partial charge in [-0.1, -0.05) is 12.1 Å². The van der Waals surface area contributed by atoms with Crippen LogP contribution in [0.1, 0.15) is 43.9 Å². The summed E-state index contributed by atoms with van der Waals surface area (Å²) in [5.74, 6) is -0.570. The van der Waals surface area contributed by atoms with Crippen molar-refractivity contribution in [3.05, 3.63) is 82.5 Å². The van der Waals surface area contributed by atoms with E-state index in [9.17, 15) is 31.2 Å². The van der Waals surface area contributed by atoms with Crippen LogP contribution in [0, 0.1) is 0 Å². The van der Waals surface area contributed by atoms with Gasteiger partial charge in [-0.15, -0.1) is 0 Å². The van der Waals surface area contributed by atoms with E-state index in [4.69, 9.17) is 4.42 Å². The van der Waals surface area contributed by atoms with Crippen molar-refractivity contribution in [1.82, 2.24) is 19.2 Å². The molecule has 1 amide bonds. The van der Waals surface area contributed by atoms with Crippen LogP contribution in [0.3, 0.4) is 0 Å². The Balaban J connectivity index is 1.38. The lowest BCUT2D eigenvalue weighted by Crippen LogP contribution is -2.46. The fraction of sp³-hybridized carbons (Fsp3) is 0.321. The molecule has 1 N–H and O–H groups in total. The molecule has 1 aromatic carbocycles. The van der Waals surface area contributed by atoms with Crippen LogP contribution < -0.4 is 10.9 Å². The molecule has 4 aromatic rings. The van der Waals surface area contributed by atoms with Crippen molar-refractivity contribution in [1.29, 1.82) is 0 Å². The Bertz CT molecular complexity index is 1730. The Morgan fingerprint density at radius 3 is 2.54 bits per heavy atom. The van der Waals surface area contributed by atoms with Crippen molar-refractivity contribution in [2.45, 2.75) is 56.6 Å². The predicted octanol–water partition coefficient (Wildman–Crippen LogP) is 4.73. The number of carbonyl (C=O) groups excluding carboxylic acids is 1. The Kier molecular flexibility index (Phi) is 7.51. The molecule has 1 saturated heterocycles. The van der Waals surface area contributed by atoms with Crippen LogP contribution in [0.15, 0.2) is 75.4 Å². The highest BCUT2D eigenvalue weighted by Gasteiger charge is 2.41. The summed E-state index contributed by atoms with van der Waals surface area (Å²) in [6.07, 6.45) is 0.795. The zero-order valence-electron chi connectivity index (χ0n) is 22.2. The zero-order valence-corrected chi connectivity index (χ0v) is 23.0. The molecule has 0 radical (unpaired) electrons. The highest BCUT2D eigenvalue weighted by molar-refractivity contribution is 7.89. The summed E-state index contributed by atoms with van der Waals surface area (Å²) in [6.45, 7) is 3.50. The van der Waals surface area contributed by atoms with Crippen LogP contribution >= 0.6 is 0 Å². The number of halogens is 3. The summed E-state index contributed by atoms with van der Waals surface area (Å²) in [6, 6.07) is 7.76. The van der Waals surface area contributed by atoms with Crippen molar-refractivity contribution in [2.24, 2.45) is 0 Å². The lowest BCUT2D eigenvalue weighted by Gasteiger charge is -2.22. The molecule has 0 aliphatic carbocycles. The number of hydrogen-bond donors (Lipinski definition) is 1. The summed E-state index contributed by atoms with van der Waals surface area (Å²) in [4.78, 5) is 30.3. The number of carbonyl (C=O) groups is 1. The van der Waals surface area contributed by atoms with Gasteiger partial charge in [-0.25, -0.2) is 8.42 Å². The molecule has 4 heterocycles. The molecule has 1 unspecified atom stereocenters. The van der Waals surface area contributed by atoms with E-state index in [2.05, 4.69) is 10.3 Å². The molecule has 1 aliphatic rings. The summed E-state index contributed by atoms with van der Waals surface area (Å²) >= 11 is 0. The fourth-order valence-electron chi connectivity index (χ4n) is 4.87. The maximum absolute atomic E-state index is 13.4. The van der Waals surface area contributed by atoms with Crippen LogP contribution in [-0.4, -0.2) is 40.8 Å². The standard InChI is InChI=1S/C28H27F3N4O5S/c1-17(2)34-16-21(18-5-7-22(8-6-18)28(29,30)31)12-20(27(34)37)15-33-26(36)23-4-3-11-35(23)41(38,39)25-13-19-14-32-10-9-24(19)40-25/h5-10,12-14,16-17,23H,3-4,11,15H2,1-2H3,(H,33,36). The van der Waals surface area contributed by atoms with Crippen molar-refractivity contribution < 1.29 is 30.8 Å². The van der Waals surface area contributed by atoms with Gasteiger partial charge in [0.15, 0.2) is 0 Å². The van der Waals surface area contributed by atoms with Gasteiger partial charge in [0, 0.05) is 54.7 Å². The van der Waals surface area contributed by atoms with E-state index in [0.29, 0.717) is 28.5 Å². The predicted molar refractivity (Wildman–Crippen MR) is 144 cm³/mol. The molecule has 0 saturated carbocycles. The Morgan fingerprint density at radius 1 is 1.15 bits per heavy atom. The smallest absolute Gasteiger partial charge is 0.416 e. The van der Waals surface area contributed by atoms with E-state index >= 15 is 0 Å². The maximum Gasteiger partial charge on any atom is 0.416 e. The van der Waals surface area contributed by atoms with Crippen LogP contribution in [0.2, 0.25) is 0 Å². The van der Waals surface area contributed by atoms with Gasteiger partial charge in [-0.2, -0.15) is 17.5 Å². The SMILES string of the molecule is CC(C)n1cc(-c2ccc(C(F)(F)F)cc2)cc(CNC(=O)C2CCCN2S(=O)(=O)c2cc3cnccc3o2)c1=O. The number of pyridine rings is 2. The molecular formula is C28H27F3N4O5S. The molecule has 13 heteroatoms. The summed E-state index contributed by atoms with van der Waals surface area (Å²) < 4.78 is 73.9. The molecule has 0 spiro atoms. The molecule has 0 bridgehead atoms. The van der Waals surface area contributed by atoms with Crippen molar-refractivity contribution in [2.75, 3.05) is 6.54 Å². The van der Waals surface area contributed by atoms with E-state index in [0.717, 1.165) is 16.4 Å². The molecule has 41 heavy (non-hydrogen) atoms. The Morgan fingerprint density at radius 2 is 1.88 bits per heavy atom. The number of furan rings is 1. The van der Waals surface area contributed by atoms with Crippen LogP contribution in [0.5, 0.6) is 0 Å². The van der Waals surface area contributed by atoms with Crippen molar-refractivity contribution in [3.63, 3.8) is 0 Å². The number of alkyl halides is 3. The third-order valence-corrected chi connectivity index (χ3v) is 8.80. The number of sulfonamides is 1. The number of nitrogens with one attached hydrogen (secondary N) is 1. The number of nitrogens with zero attached hydrogens (tertiary/aromatic N) is 3. The van der Waals surface area contributed by atoms with Gasteiger partial charge in [-0.3, -0.25) is 14.6 Å². The van der Waals surface area contributed by atoms with Crippen molar-refractivity contribution >= 4 is 26.9 Å². The molecule has 1 aliphatic heterocycles. The van der Waals surface area contributed by atoms with Crippen LogP contribution in [0.25, 0.3) is 22.1 Å². The van der Waals surface area contributed by atoms with Gasteiger partial charge >= 0.3 is 6.18 Å². The third kappa shape index (κ3) is 5.64. The van der Waals surface area contributed by atoms with E-state index in [1.165, 1.54) is 41.2 Å². The van der Waals surface area contributed by atoms with Gasteiger partial charge in [0.05, 0.1) is 5.56 Å². The molecule has 3 aromatic heterocycles. The molecule has 5 rings (SSSR count). The average molecular weight is 589 g/mol. The van der Waals surface area contributed by atoms with Crippen molar-refractivity contribution in [3.8, 4) is 11.1 Å². The minimum Gasteiger partial charge on any atom is -0.443 e. The van der Waals surface area contributed by atoms with Gasteiger partial charge in [0.1, 0.15) is 11.6 Å². The second-order valence-electron chi connectivity index (χ2n) is 10.1. The monoisotopic (exact) mass is 588 g/mol. The van der Waals surface area contributed by atoms with E-state index < -0.39 is 33.7 Å². The molecule has 9 nitrogen and oxygen atoms in total. The maximum atomic E-state index is 13.4. The first-order valence-corrected chi connectivity index (χ1v) is 14.4. The minimum atomic E-state index is -4.48. The minimum absolute atomic E-state index is 0.124. The van der Waals surface area contributed by atoms with Crippen LogP contribution in [-0.2, 0) is 27.5 Å². The second-order valence-corrected chi connectivity index (χ2v) is 11.9. The number of aromatic nitrogens is 2. The van der Waals surface area contributed by atoms with Gasteiger partial charge in [-0.05, 0) is 62.1 Å². The topological polar surface area (TPSA) is 115 Å². The lowest BCUT2D eigenvalue weighted by molar-refractivity contribution is -0.137. The second kappa shape index (κ2) is 10.8. The number of amides is 1. The summed E-state index contributed by atoms with van der Waals surface area (Å²) in [5.41, 5.74) is 0.369. The Hall–Kier alpha value is -3.97. The van der Waals surface area contributed by atoms with Gasteiger partial charge in [0.2, 0.25) is 11.0 Å². The van der Waals surface area contributed by atoms with E-state index in [-0.39, 0.29) is 41.8 Å². The third-order valence-electron chi connectivity index (χ3n) is 7.04. The zero-order chi connectivity index (χ0) is 29.5. The largest absolute Gasteiger partial charge is 0.443 e. The Labute approximate surface area is 233 Å². The van der Waals surface area contributed by atoms with Gasteiger partial charge < -0.3 is 14.3 Å². The first kappa shape index (κ1) is 28.6.